The third kappa shape index (κ3) is 5.64. The standard InChI is InChI=1S/C20H34N2O2/c1-3-4-14-21(2)19(23)11-7-8-12-20(24)22-15-13-17-9-5-6-10-18(17)16-22/h10,17H,3-9,11-16H2,1-2H3. The number of piperidine rings is 1. The maximum atomic E-state index is 12.4. The number of hydrogen-bond acceptors (Lipinski definition) is 2. The average molecular weight is 335 g/mol. The molecule has 0 aromatic rings. The highest BCUT2D eigenvalue weighted by molar-refractivity contribution is 5.77. The largest absolute Gasteiger partial charge is 0.346 e. The van der Waals surface area contributed by atoms with Crippen LogP contribution in [0.5, 0.6) is 0 Å². The Bertz CT molecular complexity index is 459. The zero-order chi connectivity index (χ0) is 17.4. The summed E-state index contributed by atoms with van der Waals surface area (Å²) in [6.07, 6.45) is 12.3. The first-order valence-corrected chi connectivity index (χ1v) is 9.82. The van der Waals surface area contributed by atoms with E-state index < -0.39 is 0 Å². The normalized spacial score (nSPS) is 20.3. The molecule has 2 amide bonds. The van der Waals surface area contributed by atoms with Gasteiger partial charge >= 0.3 is 0 Å². The molecule has 0 radical (unpaired) electrons. The summed E-state index contributed by atoms with van der Waals surface area (Å²) in [5.74, 6) is 1.22. The molecule has 4 heteroatoms. The Morgan fingerprint density at radius 3 is 2.79 bits per heavy atom. The van der Waals surface area contributed by atoms with Crippen LogP contribution >= 0.6 is 0 Å². The molecule has 0 spiro atoms. The molecule has 1 aliphatic carbocycles. The Kier molecular flexibility index (Phi) is 7.80. The van der Waals surface area contributed by atoms with E-state index >= 15 is 0 Å². The Morgan fingerprint density at radius 1 is 1.21 bits per heavy atom. The molecule has 1 saturated heterocycles. The first-order valence-electron chi connectivity index (χ1n) is 9.82. The molecular formula is C20H34N2O2. The quantitative estimate of drug-likeness (QED) is 0.501. The van der Waals surface area contributed by atoms with Gasteiger partial charge in [-0.15, -0.1) is 0 Å². The number of unbranched alkanes of at least 4 members (excludes halogenated alkanes) is 2. The number of allylic oxidation sites excluding steroid dienone is 1. The molecule has 1 unspecified atom stereocenters. The molecule has 136 valence electrons. The smallest absolute Gasteiger partial charge is 0.222 e. The van der Waals surface area contributed by atoms with E-state index in [-0.39, 0.29) is 11.8 Å². The minimum absolute atomic E-state index is 0.212. The fourth-order valence-corrected chi connectivity index (χ4v) is 3.77. The van der Waals surface area contributed by atoms with E-state index in [0.29, 0.717) is 12.8 Å². The van der Waals surface area contributed by atoms with Gasteiger partial charge in [0, 0.05) is 39.5 Å². The third-order valence-corrected chi connectivity index (χ3v) is 5.47. The zero-order valence-corrected chi connectivity index (χ0v) is 15.6. The van der Waals surface area contributed by atoms with Crippen LogP contribution in [0.3, 0.4) is 0 Å². The summed E-state index contributed by atoms with van der Waals surface area (Å²) in [6, 6.07) is 0. The molecule has 2 rings (SSSR count). The van der Waals surface area contributed by atoms with Gasteiger partial charge in [-0.1, -0.05) is 25.0 Å². The summed E-state index contributed by atoms with van der Waals surface area (Å²) in [5, 5.41) is 0. The summed E-state index contributed by atoms with van der Waals surface area (Å²) in [6.45, 7) is 4.75. The van der Waals surface area contributed by atoms with E-state index in [2.05, 4.69) is 13.0 Å². The first kappa shape index (κ1) is 19.0. The molecule has 1 heterocycles. The minimum Gasteiger partial charge on any atom is -0.346 e. The molecule has 0 aromatic carbocycles. The van der Waals surface area contributed by atoms with E-state index in [9.17, 15) is 9.59 Å². The highest BCUT2D eigenvalue weighted by Gasteiger charge is 2.27. The number of nitrogens with zero attached hydrogens (tertiary/aromatic N) is 2. The monoisotopic (exact) mass is 334 g/mol. The van der Waals surface area contributed by atoms with Crippen molar-refractivity contribution < 1.29 is 9.59 Å². The van der Waals surface area contributed by atoms with Crippen LogP contribution in [0.4, 0.5) is 0 Å². The van der Waals surface area contributed by atoms with Crippen LogP contribution in [-0.4, -0.2) is 48.3 Å². The van der Waals surface area contributed by atoms with Crippen molar-refractivity contribution in [1.82, 2.24) is 9.80 Å². The highest BCUT2D eigenvalue weighted by atomic mass is 16.2. The van der Waals surface area contributed by atoms with Gasteiger partial charge in [0.05, 0.1) is 0 Å². The molecule has 1 fully saturated rings. The van der Waals surface area contributed by atoms with Crippen molar-refractivity contribution in [3.8, 4) is 0 Å². The van der Waals surface area contributed by atoms with Crippen molar-refractivity contribution in [1.29, 1.82) is 0 Å². The fourth-order valence-electron chi connectivity index (χ4n) is 3.77. The summed E-state index contributed by atoms with van der Waals surface area (Å²) >= 11 is 0. The van der Waals surface area contributed by atoms with Crippen molar-refractivity contribution in [2.75, 3.05) is 26.7 Å². The van der Waals surface area contributed by atoms with Crippen LogP contribution in [0.1, 0.15) is 71.1 Å². The summed E-state index contributed by atoms with van der Waals surface area (Å²) < 4.78 is 0. The number of carbonyl (C=O) groups is 2. The van der Waals surface area contributed by atoms with Gasteiger partial charge in [0.2, 0.25) is 11.8 Å². The number of likely N-dealkylation sites (tertiary alicyclic amines) is 1. The fraction of sp³-hybridized carbons (Fsp3) is 0.800. The van der Waals surface area contributed by atoms with Crippen molar-refractivity contribution in [2.45, 2.75) is 71.1 Å². The SMILES string of the molecule is CCCCN(C)C(=O)CCCCC(=O)N1CCC2CCCC=C2C1. The van der Waals surface area contributed by atoms with E-state index in [0.717, 1.165) is 57.7 Å². The number of amides is 2. The maximum absolute atomic E-state index is 12.4. The topological polar surface area (TPSA) is 40.6 Å². The van der Waals surface area contributed by atoms with Gasteiger partial charge < -0.3 is 9.80 Å². The zero-order valence-electron chi connectivity index (χ0n) is 15.6. The average Bonchev–Trinajstić information content (AvgIpc) is 2.62. The van der Waals surface area contributed by atoms with Crippen molar-refractivity contribution in [2.24, 2.45) is 5.92 Å². The maximum Gasteiger partial charge on any atom is 0.222 e. The van der Waals surface area contributed by atoms with Crippen LogP contribution in [0.2, 0.25) is 0 Å². The molecule has 1 aliphatic heterocycles. The lowest BCUT2D eigenvalue weighted by Crippen LogP contribution is -2.40. The molecule has 4 nitrogen and oxygen atoms in total. The summed E-state index contributed by atoms with van der Waals surface area (Å²) in [4.78, 5) is 28.2. The van der Waals surface area contributed by atoms with Gasteiger partial charge in [-0.25, -0.2) is 0 Å². The summed E-state index contributed by atoms with van der Waals surface area (Å²) in [5.41, 5.74) is 1.49. The lowest BCUT2D eigenvalue weighted by atomic mass is 9.82. The van der Waals surface area contributed by atoms with Crippen molar-refractivity contribution >= 4 is 11.8 Å². The van der Waals surface area contributed by atoms with Gasteiger partial charge in [-0.2, -0.15) is 0 Å². The van der Waals surface area contributed by atoms with Crippen LogP contribution in [0, 0.1) is 5.92 Å². The molecule has 2 aliphatic rings. The van der Waals surface area contributed by atoms with Gasteiger partial charge in [-0.05, 0) is 50.9 Å². The van der Waals surface area contributed by atoms with E-state index in [1.165, 1.54) is 24.8 Å². The molecule has 1 atom stereocenters. The second-order valence-electron chi connectivity index (χ2n) is 7.39. The number of hydrogen-bond donors (Lipinski definition) is 0. The number of carbonyl (C=O) groups excluding carboxylic acids is 2. The Hall–Kier alpha value is -1.32. The Labute approximate surface area is 147 Å². The molecule has 0 aromatic heterocycles. The van der Waals surface area contributed by atoms with E-state index in [1.54, 1.807) is 0 Å². The van der Waals surface area contributed by atoms with E-state index in [4.69, 9.17) is 0 Å². The predicted molar refractivity (Wildman–Crippen MR) is 97.6 cm³/mol. The molecule has 0 saturated carbocycles. The Balaban J connectivity index is 1.63. The minimum atomic E-state index is 0.212. The number of fused-ring (bicyclic) bond motifs is 1. The van der Waals surface area contributed by atoms with Crippen LogP contribution < -0.4 is 0 Å². The second-order valence-corrected chi connectivity index (χ2v) is 7.39. The lowest BCUT2D eigenvalue weighted by molar-refractivity contribution is -0.133. The van der Waals surface area contributed by atoms with Gasteiger partial charge in [0.15, 0.2) is 0 Å². The molecule has 24 heavy (non-hydrogen) atoms. The molecular weight excluding hydrogens is 300 g/mol. The van der Waals surface area contributed by atoms with Gasteiger partial charge in [0.1, 0.15) is 0 Å². The first-order chi connectivity index (χ1) is 11.6. The predicted octanol–water partition coefficient (Wildman–Crippen LogP) is 3.76. The third-order valence-electron chi connectivity index (χ3n) is 5.47. The van der Waals surface area contributed by atoms with Crippen molar-refractivity contribution in [3.05, 3.63) is 11.6 Å². The lowest BCUT2D eigenvalue weighted by Gasteiger charge is -2.36. The van der Waals surface area contributed by atoms with Crippen LogP contribution in [-0.2, 0) is 9.59 Å². The molecule has 0 bridgehead atoms. The number of rotatable bonds is 8. The van der Waals surface area contributed by atoms with Gasteiger partial charge in [-0.3, -0.25) is 9.59 Å². The summed E-state index contributed by atoms with van der Waals surface area (Å²) in [7, 11) is 1.88. The second kappa shape index (κ2) is 9.85. The van der Waals surface area contributed by atoms with Gasteiger partial charge in [0.25, 0.3) is 0 Å². The Morgan fingerprint density at radius 2 is 2.00 bits per heavy atom. The highest BCUT2D eigenvalue weighted by Crippen LogP contribution is 2.32. The van der Waals surface area contributed by atoms with E-state index in [1.807, 2.05) is 16.8 Å². The van der Waals surface area contributed by atoms with Crippen LogP contribution in [0.25, 0.3) is 0 Å². The van der Waals surface area contributed by atoms with Crippen LogP contribution in [0.15, 0.2) is 11.6 Å². The van der Waals surface area contributed by atoms with Crippen molar-refractivity contribution in [3.63, 3.8) is 0 Å². The molecule has 0 N–H and O–H groups in total.